The SMILES string of the molecule is CC(C)(C)OC(=O)N1CCC[C@H]1Cc1nc(-c2ccc(N)cc2)no1. The summed E-state index contributed by atoms with van der Waals surface area (Å²) in [7, 11) is 0. The molecule has 2 aromatic rings. The molecule has 0 bridgehead atoms. The number of rotatable bonds is 3. The standard InChI is InChI=1S/C18H24N4O3/c1-18(2,3)24-17(23)22-10-4-5-14(22)11-15-20-16(21-25-15)12-6-8-13(19)9-7-12/h6-9,14H,4-5,10-11,19H2,1-3H3/t14-/m0/s1. The largest absolute Gasteiger partial charge is 0.444 e. The van der Waals surface area contributed by atoms with Crippen LogP contribution >= 0.6 is 0 Å². The van der Waals surface area contributed by atoms with E-state index in [0.717, 1.165) is 18.4 Å². The lowest BCUT2D eigenvalue weighted by molar-refractivity contribution is 0.0222. The summed E-state index contributed by atoms with van der Waals surface area (Å²) in [6.07, 6.45) is 2.09. The molecule has 1 aromatic heterocycles. The highest BCUT2D eigenvalue weighted by Gasteiger charge is 2.33. The summed E-state index contributed by atoms with van der Waals surface area (Å²) < 4.78 is 10.9. The Labute approximate surface area is 147 Å². The van der Waals surface area contributed by atoms with Gasteiger partial charge in [0, 0.05) is 30.3 Å². The lowest BCUT2D eigenvalue weighted by Gasteiger charge is -2.28. The van der Waals surface area contributed by atoms with Crippen LogP contribution in [0.5, 0.6) is 0 Å². The minimum absolute atomic E-state index is 0.0227. The third-order valence-corrected chi connectivity index (χ3v) is 4.05. The van der Waals surface area contributed by atoms with E-state index in [1.54, 1.807) is 17.0 Å². The first kappa shape index (κ1) is 17.3. The number of nitrogens with two attached hydrogens (primary N) is 1. The maximum atomic E-state index is 12.3. The zero-order valence-electron chi connectivity index (χ0n) is 14.9. The number of anilines is 1. The van der Waals surface area contributed by atoms with Gasteiger partial charge in [0.2, 0.25) is 11.7 Å². The summed E-state index contributed by atoms with van der Waals surface area (Å²) in [5.41, 5.74) is 6.72. The topological polar surface area (TPSA) is 94.5 Å². The Morgan fingerprint density at radius 1 is 1.36 bits per heavy atom. The van der Waals surface area contributed by atoms with Gasteiger partial charge in [0.1, 0.15) is 5.60 Å². The van der Waals surface area contributed by atoms with Gasteiger partial charge in [-0.3, -0.25) is 0 Å². The molecular weight excluding hydrogens is 320 g/mol. The van der Waals surface area contributed by atoms with Gasteiger partial charge in [-0.05, 0) is 57.9 Å². The van der Waals surface area contributed by atoms with Crippen LogP contribution in [0.3, 0.4) is 0 Å². The quantitative estimate of drug-likeness (QED) is 0.859. The van der Waals surface area contributed by atoms with Crippen LogP contribution in [0.25, 0.3) is 11.4 Å². The number of nitrogen functional groups attached to an aromatic ring is 1. The van der Waals surface area contributed by atoms with Gasteiger partial charge in [0.25, 0.3) is 0 Å². The number of benzene rings is 1. The average molecular weight is 344 g/mol. The van der Waals surface area contributed by atoms with Crippen molar-refractivity contribution in [2.45, 2.75) is 51.7 Å². The lowest BCUT2D eigenvalue weighted by atomic mass is 10.1. The highest BCUT2D eigenvalue weighted by atomic mass is 16.6. The number of ether oxygens (including phenoxy) is 1. The van der Waals surface area contributed by atoms with E-state index >= 15 is 0 Å². The monoisotopic (exact) mass is 344 g/mol. The normalized spacial score (nSPS) is 17.7. The number of hydrogen-bond acceptors (Lipinski definition) is 6. The molecular formula is C18H24N4O3. The van der Waals surface area contributed by atoms with Crippen LogP contribution in [0, 0.1) is 0 Å². The molecule has 0 saturated carbocycles. The first-order valence-corrected chi connectivity index (χ1v) is 8.50. The molecule has 1 fully saturated rings. The summed E-state index contributed by atoms with van der Waals surface area (Å²) in [4.78, 5) is 18.6. The molecule has 1 atom stereocenters. The number of carbonyl (C=O) groups excluding carboxylic acids is 1. The van der Waals surface area contributed by atoms with Crippen LogP contribution in [0.4, 0.5) is 10.5 Å². The molecule has 1 aliphatic rings. The first-order chi connectivity index (χ1) is 11.8. The Morgan fingerprint density at radius 3 is 2.76 bits per heavy atom. The van der Waals surface area contributed by atoms with Gasteiger partial charge in [0.05, 0.1) is 0 Å². The van der Waals surface area contributed by atoms with Crippen LogP contribution < -0.4 is 5.73 Å². The molecule has 2 N–H and O–H groups in total. The summed E-state index contributed by atoms with van der Waals surface area (Å²) in [6, 6.07) is 7.33. The average Bonchev–Trinajstić information content (AvgIpc) is 3.16. The number of hydrogen-bond donors (Lipinski definition) is 1. The van der Waals surface area contributed by atoms with Crippen molar-refractivity contribution in [1.29, 1.82) is 0 Å². The van der Waals surface area contributed by atoms with Crippen LogP contribution in [0.2, 0.25) is 0 Å². The molecule has 2 heterocycles. The van der Waals surface area contributed by atoms with Crippen molar-refractivity contribution in [2.75, 3.05) is 12.3 Å². The van der Waals surface area contributed by atoms with Crippen LogP contribution in [-0.4, -0.2) is 39.3 Å². The highest BCUT2D eigenvalue weighted by Crippen LogP contribution is 2.24. The van der Waals surface area contributed by atoms with Gasteiger partial charge in [-0.15, -0.1) is 0 Å². The first-order valence-electron chi connectivity index (χ1n) is 8.50. The Bertz CT molecular complexity index is 734. The van der Waals surface area contributed by atoms with Crippen LogP contribution in [0.1, 0.15) is 39.5 Å². The molecule has 0 radical (unpaired) electrons. The predicted octanol–water partition coefficient (Wildman–Crippen LogP) is 3.26. The number of amides is 1. The van der Waals surface area contributed by atoms with Gasteiger partial charge in [-0.1, -0.05) is 5.16 Å². The number of carbonyl (C=O) groups is 1. The van der Waals surface area contributed by atoms with E-state index in [2.05, 4.69) is 10.1 Å². The second-order valence-corrected chi connectivity index (χ2v) is 7.31. The minimum atomic E-state index is -0.503. The predicted molar refractivity (Wildman–Crippen MR) is 93.8 cm³/mol. The van der Waals surface area contributed by atoms with E-state index in [1.165, 1.54) is 0 Å². The van der Waals surface area contributed by atoms with Crippen molar-refractivity contribution in [2.24, 2.45) is 0 Å². The molecule has 7 nitrogen and oxygen atoms in total. The van der Waals surface area contributed by atoms with Gasteiger partial charge in [-0.2, -0.15) is 4.98 Å². The van der Waals surface area contributed by atoms with Crippen molar-refractivity contribution < 1.29 is 14.1 Å². The Balaban J connectivity index is 1.67. The van der Waals surface area contributed by atoms with Crippen molar-refractivity contribution in [3.05, 3.63) is 30.2 Å². The Kier molecular flexibility index (Phi) is 4.65. The van der Waals surface area contributed by atoms with Crippen molar-refractivity contribution in [3.8, 4) is 11.4 Å². The molecule has 0 unspecified atom stereocenters. The Hall–Kier alpha value is -2.57. The summed E-state index contributed by atoms with van der Waals surface area (Å²) >= 11 is 0. The molecule has 1 saturated heterocycles. The summed E-state index contributed by atoms with van der Waals surface area (Å²) in [5, 5.41) is 4.03. The zero-order chi connectivity index (χ0) is 18.0. The van der Waals surface area contributed by atoms with Crippen molar-refractivity contribution in [1.82, 2.24) is 15.0 Å². The second kappa shape index (κ2) is 6.74. The van der Waals surface area contributed by atoms with E-state index in [4.69, 9.17) is 15.0 Å². The van der Waals surface area contributed by atoms with Crippen LogP contribution in [0.15, 0.2) is 28.8 Å². The molecule has 3 rings (SSSR count). The minimum Gasteiger partial charge on any atom is -0.444 e. The van der Waals surface area contributed by atoms with E-state index in [1.807, 2.05) is 32.9 Å². The molecule has 25 heavy (non-hydrogen) atoms. The molecule has 134 valence electrons. The zero-order valence-corrected chi connectivity index (χ0v) is 14.9. The molecule has 7 heteroatoms. The number of nitrogens with zero attached hydrogens (tertiary/aromatic N) is 3. The molecule has 0 aliphatic carbocycles. The molecule has 0 spiro atoms. The number of likely N-dealkylation sites (tertiary alicyclic amines) is 1. The third kappa shape index (κ3) is 4.29. The summed E-state index contributed by atoms with van der Waals surface area (Å²) in [5.74, 6) is 1.05. The lowest BCUT2D eigenvalue weighted by Crippen LogP contribution is -2.40. The van der Waals surface area contributed by atoms with Gasteiger partial charge in [0.15, 0.2) is 0 Å². The fourth-order valence-electron chi connectivity index (χ4n) is 2.90. The van der Waals surface area contributed by atoms with Gasteiger partial charge in [-0.25, -0.2) is 4.79 Å². The van der Waals surface area contributed by atoms with Crippen molar-refractivity contribution in [3.63, 3.8) is 0 Å². The van der Waals surface area contributed by atoms with E-state index < -0.39 is 5.60 Å². The van der Waals surface area contributed by atoms with Crippen molar-refractivity contribution >= 4 is 11.8 Å². The summed E-state index contributed by atoms with van der Waals surface area (Å²) in [6.45, 7) is 6.30. The van der Waals surface area contributed by atoms with Crippen LogP contribution in [-0.2, 0) is 11.2 Å². The fraction of sp³-hybridized carbons (Fsp3) is 0.500. The highest BCUT2D eigenvalue weighted by molar-refractivity contribution is 5.69. The third-order valence-electron chi connectivity index (χ3n) is 4.05. The van der Waals surface area contributed by atoms with E-state index in [0.29, 0.717) is 30.4 Å². The van der Waals surface area contributed by atoms with E-state index in [9.17, 15) is 4.79 Å². The molecule has 1 aliphatic heterocycles. The smallest absolute Gasteiger partial charge is 0.410 e. The molecule has 1 amide bonds. The Morgan fingerprint density at radius 2 is 2.08 bits per heavy atom. The van der Waals surface area contributed by atoms with E-state index in [-0.39, 0.29) is 12.1 Å². The maximum absolute atomic E-state index is 12.3. The second-order valence-electron chi connectivity index (χ2n) is 7.31. The fourth-order valence-corrected chi connectivity index (χ4v) is 2.90. The molecule has 1 aromatic carbocycles. The van der Waals surface area contributed by atoms with Gasteiger partial charge >= 0.3 is 6.09 Å². The van der Waals surface area contributed by atoms with Gasteiger partial charge < -0.3 is 19.9 Å². The number of aromatic nitrogens is 2. The maximum Gasteiger partial charge on any atom is 0.410 e.